The van der Waals surface area contributed by atoms with Crippen molar-refractivity contribution >= 4 is 12.0 Å². The molecule has 3 N–H and O–H groups in total. The van der Waals surface area contributed by atoms with Crippen LogP contribution in [0.4, 0.5) is 4.79 Å². The number of ether oxygens (including phenoxy) is 1. The Hall–Kier alpha value is -1.34. The van der Waals surface area contributed by atoms with Gasteiger partial charge in [0.05, 0.1) is 18.6 Å². The summed E-state index contributed by atoms with van der Waals surface area (Å²) < 4.78 is 5.17. The summed E-state index contributed by atoms with van der Waals surface area (Å²) >= 11 is 0. The smallest absolute Gasteiger partial charge is 0.329 e. The van der Waals surface area contributed by atoms with E-state index >= 15 is 0 Å². The molecule has 1 aliphatic heterocycles. The van der Waals surface area contributed by atoms with E-state index in [1.807, 2.05) is 13.8 Å². The van der Waals surface area contributed by atoms with Gasteiger partial charge in [-0.15, -0.1) is 0 Å². The average Bonchev–Trinajstić information content (AvgIpc) is 2.41. The van der Waals surface area contributed by atoms with E-state index in [4.69, 9.17) is 4.74 Å². The van der Waals surface area contributed by atoms with Crippen LogP contribution >= 0.6 is 0 Å². The van der Waals surface area contributed by atoms with Crippen molar-refractivity contribution in [2.45, 2.75) is 26.7 Å². The number of aliphatic carboxylic acids is 1. The highest BCUT2D eigenvalue weighted by Crippen LogP contribution is 2.25. The number of urea groups is 1. The molecule has 0 aromatic rings. The number of hydrazine groups is 1. The molecule has 0 aliphatic carbocycles. The number of morpholine rings is 1. The fraction of sp³-hybridized carbons (Fsp3) is 0.833. The second-order valence-electron chi connectivity index (χ2n) is 4.69. The zero-order valence-corrected chi connectivity index (χ0v) is 11.6. The summed E-state index contributed by atoms with van der Waals surface area (Å²) in [6.45, 7) is 6.22. The molecule has 0 spiro atoms. The molecule has 0 unspecified atom stereocenters. The Morgan fingerprint density at radius 3 is 2.32 bits per heavy atom. The van der Waals surface area contributed by atoms with Crippen LogP contribution in [0, 0.1) is 5.41 Å². The van der Waals surface area contributed by atoms with E-state index < -0.39 is 11.4 Å². The van der Waals surface area contributed by atoms with Crippen molar-refractivity contribution in [1.29, 1.82) is 0 Å². The quantitative estimate of drug-likeness (QED) is 0.652. The molecule has 0 aromatic heterocycles. The monoisotopic (exact) mass is 273 g/mol. The number of carbonyl (C=O) groups is 2. The van der Waals surface area contributed by atoms with E-state index in [2.05, 4.69) is 10.7 Å². The Morgan fingerprint density at radius 2 is 1.84 bits per heavy atom. The fourth-order valence-corrected chi connectivity index (χ4v) is 1.99. The number of hydrogen-bond donors (Lipinski definition) is 3. The van der Waals surface area contributed by atoms with Crippen molar-refractivity contribution in [2.24, 2.45) is 5.41 Å². The summed E-state index contributed by atoms with van der Waals surface area (Å²) in [5.41, 5.74) is 1.80. The number of amides is 2. The minimum Gasteiger partial charge on any atom is -0.481 e. The van der Waals surface area contributed by atoms with Gasteiger partial charge in [0.15, 0.2) is 0 Å². The summed E-state index contributed by atoms with van der Waals surface area (Å²) in [5.74, 6) is -0.871. The summed E-state index contributed by atoms with van der Waals surface area (Å²) in [4.78, 5) is 23.0. The Labute approximate surface area is 113 Å². The highest BCUT2D eigenvalue weighted by molar-refractivity contribution is 5.77. The first-order chi connectivity index (χ1) is 9.04. The molecule has 0 bridgehead atoms. The fourth-order valence-electron chi connectivity index (χ4n) is 1.99. The van der Waals surface area contributed by atoms with Gasteiger partial charge in [-0.25, -0.2) is 9.80 Å². The van der Waals surface area contributed by atoms with Gasteiger partial charge < -0.3 is 15.2 Å². The van der Waals surface area contributed by atoms with Crippen molar-refractivity contribution in [1.82, 2.24) is 15.8 Å². The van der Waals surface area contributed by atoms with Crippen molar-refractivity contribution in [3.8, 4) is 0 Å². The second-order valence-corrected chi connectivity index (χ2v) is 4.69. The zero-order valence-electron chi connectivity index (χ0n) is 11.6. The maximum atomic E-state index is 11.7. The highest BCUT2D eigenvalue weighted by atomic mass is 16.5. The molecule has 0 aromatic carbocycles. The van der Waals surface area contributed by atoms with E-state index in [-0.39, 0.29) is 12.6 Å². The third kappa shape index (κ3) is 4.36. The lowest BCUT2D eigenvalue weighted by Gasteiger charge is -2.29. The molecular formula is C12H23N3O4. The van der Waals surface area contributed by atoms with Crippen LogP contribution in [0.1, 0.15) is 26.7 Å². The second kappa shape index (κ2) is 7.30. The number of carbonyl (C=O) groups excluding carboxylic acids is 1. The van der Waals surface area contributed by atoms with Gasteiger partial charge in [-0.3, -0.25) is 10.2 Å². The summed E-state index contributed by atoms with van der Waals surface area (Å²) in [7, 11) is 0. The first kappa shape index (κ1) is 15.7. The van der Waals surface area contributed by atoms with Crippen molar-refractivity contribution in [2.75, 3.05) is 32.8 Å². The molecule has 1 heterocycles. The molecule has 1 aliphatic rings. The lowest BCUT2D eigenvalue weighted by atomic mass is 9.82. The minimum atomic E-state index is -0.887. The largest absolute Gasteiger partial charge is 0.481 e. The lowest BCUT2D eigenvalue weighted by Crippen LogP contribution is -2.53. The van der Waals surface area contributed by atoms with E-state index in [0.717, 1.165) is 0 Å². The number of carboxylic acids is 1. The van der Waals surface area contributed by atoms with Crippen LogP contribution < -0.4 is 10.7 Å². The van der Waals surface area contributed by atoms with Crippen molar-refractivity contribution in [3.63, 3.8) is 0 Å². The Balaban J connectivity index is 2.41. The predicted molar refractivity (Wildman–Crippen MR) is 69.6 cm³/mol. The van der Waals surface area contributed by atoms with Gasteiger partial charge in [-0.05, 0) is 12.8 Å². The standard InChI is InChI=1S/C12H23N3O4/c1-3-12(4-2,10(16)17)9-13-11(18)14-15-5-7-19-8-6-15/h3-9H2,1-2H3,(H,16,17)(H2,13,14,18). The molecule has 0 atom stereocenters. The number of nitrogens with zero attached hydrogens (tertiary/aromatic N) is 1. The van der Waals surface area contributed by atoms with Gasteiger partial charge in [0.2, 0.25) is 0 Å². The van der Waals surface area contributed by atoms with Crippen molar-refractivity contribution < 1.29 is 19.4 Å². The van der Waals surface area contributed by atoms with E-state index in [1.54, 1.807) is 5.01 Å². The molecule has 0 saturated carbocycles. The first-order valence-electron chi connectivity index (χ1n) is 6.64. The number of hydrogen-bond acceptors (Lipinski definition) is 4. The zero-order chi connectivity index (χ0) is 14.3. The van der Waals surface area contributed by atoms with Gasteiger partial charge in [0, 0.05) is 19.6 Å². The summed E-state index contributed by atoms with van der Waals surface area (Å²) in [5, 5.41) is 13.7. The summed E-state index contributed by atoms with van der Waals surface area (Å²) in [6, 6.07) is -0.366. The number of carboxylic acid groups (broad SMARTS) is 1. The summed E-state index contributed by atoms with van der Waals surface area (Å²) in [6.07, 6.45) is 0.966. The molecule has 7 nitrogen and oxygen atoms in total. The van der Waals surface area contributed by atoms with E-state index in [0.29, 0.717) is 39.1 Å². The van der Waals surface area contributed by atoms with Crippen LogP contribution in [0.5, 0.6) is 0 Å². The Kier molecular flexibility index (Phi) is 6.04. The average molecular weight is 273 g/mol. The number of rotatable bonds is 6. The molecule has 7 heteroatoms. The van der Waals surface area contributed by atoms with Gasteiger partial charge in [0.25, 0.3) is 0 Å². The highest BCUT2D eigenvalue weighted by Gasteiger charge is 2.35. The van der Waals surface area contributed by atoms with Crippen molar-refractivity contribution in [3.05, 3.63) is 0 Å². The molecule has 2 amide bonds. The normalized spacial score (nSPS) is 16.9. The van der Waals surface area contributed by atoms with Gasteiger partial charge in [-0.2, -0.15) is 0 Å². The molecule has 110 valence electrons. The van der Waals surface area contributed by atoms with Crippen LogP contribution in [0.3, 0.4) is 0 Å². The number of nitrogens with one attached hydrogen (secondary N) is 2. The third-order valence-corrected chi connectivity index (χ3v) is 3.67. The topological polar surface area (TPSA) is 90.9 Å². The van der Waals surface area contributed by atoms with E-state index in [1.165, 1.54) is 0 Å². The maximum absolute atomic E-state index is 11.7. The van der Waals surface area contributed by atoms with Crippen LogP contribution in [0.25, 0.3) is 0 Å². The van der Waals surface area contributed by atoms with Gasteiger partial charge in [0.1, 0.15) is 0 Å². The molecule has 1 saturated heterocycles. The van der Waals surface area contributed by atoms with Crippen LogP contribution in [0.2, 0.25) is 0 Å². The molecule has 19 heavy (non-hydrogen) atoms. The molecular weight excluding hydrogens is 250 g/mol. The lowest BCUT2D eigenvalue weighted by molar-refractivity contribution is -0.149. The van der Waals surface area contributed by atoms with Crippen LogP contribution in [-0.2, 0) is 9.53 Å². The van der Waals surface area contributed by atoms with Gasteiger partial charge in [-0.1, -0.05) is 13.8 Å². The maximum Gasteiger partial charge on any atom is 0.329 e. The van der Waals surface area contributed by atoms with E-state index in [9.17, 15) is 14.7 Å². The molecule has 1 rings (SSSR count). The van der Waals surface area contributed by atoms with Crippen LogP contribution in [0.15, 0.2) is 0 Å². The third-order valence-electron chi connectivity index (χ3n) is 3.67. The van der Waals surface area contributed by atoms with Crippen LogP contribution in [-0.4, -0.2) is 55.0 Å². The Morgan fingerprint density at radius 1 is 1.26 bits per heavy atom. The minimum absolute atomic E-state index is 0.130. The molecule has 0 radical (unpaired) electrons. The first-order valence-corrected chi connectivity index (χ1v) is 6.64. The molecule has 1 fully saturated rings. The predicted octanol–water partition coefficient (Wildman–Crippen LogP) is 0.424. The Bertz CT molecular complexity index is 312. The SMILES string of the molecule is CCC(CC)(CNC(=O)NN1CCOCC1)C(=O)O. The van der Waals surface area contributed by atoms with Gasteiger partial charge >= 0.3 is 12.0 Å².